The van der Waals surface area contributed by atoms with Crippen LogP contribution in [0.3, 0.4) is 0 Å². The molecule has 2 aromatic rings. The van der Waals surface area contributed by atoms with Gasteiger partial charge in [0, 0.05) is 42.9 Å². The summed E-state index contributed by atoms with van der Waals surface area (Å²) in [5.41, 5.74) is 1.90. The van der Waals surface area contributed by atoms with E-state index < -0.39 is 0 Å². The topological polar surface area (TPSA) is 38.1 Å². The van der Waals surface area contributed by atoms with Crippen molar-refractivity contribution in [1.29, 1.82) is 0 Å². The maximum Gasteiger partial charge on any atom is 0.254 e. The summed E-state index contributed by atoms with van der Waals surface area (Å²) in [6.07, 6.45) is 5.38. The van der Waals surface area contributed by atoms with Gasteiger partial charge in [0.25, 0.3) is 5.91 Å². The molecule has 1 aliphatic heterocycles. The first-order valence-corrected chi connectivity index (χ1v) is 6.13. The molecule has 0 N–H and O–H groups in total. The summed E-state index contributed by atoms with van der Waals surface area (Å²) in [5, 5.41) is 0. The van der Waals surface area contributed by atoms with Crippen molar-refractivity contribution >= 4 is 5.91 Å². The number of hydrogen-bond donors (Lipinski definition) is 0. The maximum atomic E-state index is 12.4. The molecule has 0 saturated carbocycles. The van der Waals surface area contributed by atoms with Crippen molar-refractivity contribution in [2.45, 2.75) is 19.5 Å². The van der Waals surface area contributed by atoms with Crippen LogP contribution in [0.4, 0.5) is 0 Å². The van der Waals surface area contributed by atoms with E-state index in [1.807, 2.05) is 11.0 Å². The lowest BCUT2D eigenvalue weighted by Gasteiger charge is -2.35. The van der Waals surface area contributed by atoms with Crippen molar-refractivity contribution in [3.05, 3.63) is 54.1 Å². The van der Waals surface area contributed by atoms with Gasteiger partial charge in [0.15, 0.2) is 0 Å². The average Bonchev–Trinajstić information content (AvgIpc) is 2.89. The van der Waals surface area contributed by atoms with Crippen LogP contribution in [0.1, 0.15) is 29.0 Å². The molecular weight excluding hydrogens is 226 g/mol. The summed E-state index contributed by atoms with van der Waals surface area (Å²) >= 11 is 0. The molecule has 1 unspecified atom stereocenters. The van der Waals surface area contributed by atoms with Crippen molar-refractivity contribution in [3.63, 3.8) is 0 Å². The minimum atomic E-state index is 0.0809. The second kappa shape index (κ2) is 4.29. The van der Waals surface area contributed by atoms with Gasteiger partial charge < -0.3 is 9.47 Å². The minimum absolute atomic E-state index is 0.0809. The van der Waals surface area contributed by atoms with Crippen molar-refractivity contribution in [3.8, 4) is 0 Å². The Labute approximate surface area is 106 Å². The van der Waals surface area contributed by atoms with E-state index in [0.29, 0.717) is 5.56 Å². The Morgan fingerprint density at radius 3 is 2.83 bits per heavy atom. The zero-order valence-corrected chi connectivity index (χ0v) is 10.3. The molecule has 0 aromatic carbocycles. The van der Waals surface area contributed by atoms with E-state index in [-0.39, 0.29) is 11.9 Å². The Morgan fingerprint density at radius 1 is 1.28 bits per heavy atom. The highest BCUT2D eigenvalue weighted by Crippen LogP contribution is 2.26. The Balaban J connectivity index is 1.89. The van der Waals surface area contributed by atoms with Crippen LogP contribution in [0.15, 0.2) is 42.9 Å². The van der Waals surface area contributed by atoms with Gasteiger partial charge in [0.1, 0.15) is 0 Å². The van der Waals surface area contributed by atoms with Crippen LogP contribution < -0.4 is 0 Å². The van der Waals surface area contributed by atoms with E-state index in [2.05, 4.69) is 28.7 Å². The molecule has 0 radical (unpaired) electrons. The van der Waals surface area contributed by atoms with Gasteiger partial charge in [0.05, 0.1) is 6.04 Å². The van der Waals surface area contributed by atoms with Crippen LogP contribution in [0.25, 0.3) is 0 Å². The van der Waals surface area contributed by atoms with E-state index in [1.165, 1.54) is 5.69 Å². The molecule has 1 atom stereocenters. The molecule has 18 heavy (non-hydrogen) atoms. The van der Waals surface area contributed by atoms with Crippen LogP contribution in [-0.2, 0) is 6.54 Å². The number of amides is 1. The number of carbonyl (C=O) groups excluding carboxylic acids is 1. The number of carbonyl (C=O) groups is 1. The number of aromatic nitrogens is 2. The second-order valence-electron chi connectivity index (χ2n) is 4.54. The summed E-state index contributed by atoms with van der Waals surface area (Å²) in [6.45, 7) is 3.69. The third-order valence-corrected chi connectivity index (χ3v) is 3.53. The fraction of sp³-hybridized carbons (Fsp3) is 0.286. The molecule has 3 rings (SSSR count). The molecule has 2 aromatic heterocycles. The standard InChI is InChI=1S/C14H15N3O/c1-11-13-3-2-8-16(13)9-10-17(11)14(18)12-4-6-15-7-5-12/h2-8,11H,9-10H2,1H3. The minimum Gasteiger partial charge on any atom is -0.348 e. The van der Waals surface area contributed by atoms with Crippen LogP contribution in [-0.4, -0.2) is 26.9 Å². The molecular formula is C14H15N3O. The SMILES string of the molecule is CC1c2cccn2CCN1C(=O)c1ccncc1. The smallest absolute Gasteiger partial charge is 0.254 e. The Hall–Kier alpha value is -2.10. The zero-order valence-electron chi connectivity index (χ0n) is 10.3. The van der Waals surface area contributed by atoms with Gasteiger partial charge in [-0.3, -0.25) is 9.78 Å². The number of rotatable bonds is 1. The molecule has 0 fully saturated rings. The molecule has 0 saturated heterocycles. The van der Waals surface area contributed by atoms with Gasteiger partial charge in [-0.1, -0.05) is 0 Å². The summed E-state index contributed by atoms with van der Waals surface area (Å²) in [6, 6.07) is 7.77. The molecule has 0 spiro atoms. The molecule has 0 bridgehead atoms. The first kappa shape index (κ1) is 11.0. The lowest BCUT2D eigenvalue weighted by molar-refractivity contribution is 0.0644. The van der Waals surface area contributed by atoms with Crippen LogP contribution >= 0.6 is 0 Å². The van der Waals surface area contributed by atoms with Gasteiger partial charge in [-0.15, -0.1) is 0 Å². The van der Waals surface area contributed by atoms with E-state index in [0.717, 1.165) is 13.1 Å². The third-order valence-electron chi connectivity index (χ3n) is 3.53. The Bertz CT molecular complexity index is 561. The summed E-state index contributed by atoms with van der Waals surface area (Å²) in [4.78, 5) is 18.3. The van der Waals surface area contributed by atoms with Crippen molar-refractivity contribution in [1.82, 2.24) is 14.5 Å². The maximum absolute atomic E-state index is 12.4. The van der Waals surface area contributed by atoms with Crippen molar-refractivity contribution in [2.24, 2.45) is 0 Å². The monoisotopic (exact) mass is 241 g/mol. The highest BCUT2D eigenvalue weighted by atomic mass is 16.2. The van der Waals surface area contributed by atoms with Gasteiger partial charge in [0.2, 0.25) is 0 Å². The summed E-state index contributed by atoms with van der Waals surface area (Å²) < 4.78 is 2.21. The number of fused-ring (bicyclic) bond motifs is 1. The van der Waals surface area contributed by atoms with Crippen LogP contribution in [0, 0.1) is 0 Å². The molecule has 4 heteroatoms. The van der Waals surface area contributed by atoms with Gasteiger partial charge in [-0.05, 0) is 31.2 Å². The summed E-state index contributed by atoms with van der Waals surface area (Å²) in [5.74, 6) is 0.0809. The normalized spacial score (nSPS) is 18.5. The van der Waals surface area contributed by atoms with E-state index in [4.69, 9.17) is 0 Å². The van der Waals surface area contributed by atoms with E-state index >= 15 is 0 Å². The third kappa shape index (κ3) is 1.70. The molecule has 4 nitrogen and oxygen atoms in total. The predicted octanol–water partition coefficient (Wildman–Crippen LogP) is 2.10. The predicted molar refractivity (Wildman–Crippen MR) is 68.1 cm³/mol. The molecule has 1 aliphatic rings. The van der Waals surface area contributed by atoms with Crippen LogP contribution in [0.2, 0.25) is 0 Å². The molecule has 92 valence electrons. The molecule has 0 aliphatic carbocycles. The van der Waals surface area contributed by atoms with Crippen molar-refractivity contribution in [2.75, 3.05) is 6.54 Å². The first-order valence-electron chi connectivity index (χ1n) is 6.13. The number of nitrogens with zero attached hydrogens (tertiary/aromatic N) is 3. The summed E-state index contributed by atoms with van der Waals surface area (Å²) in [7, 11) is 0. The fourth-order valence-corrected chi connectivity index (χ4v) is 2.52. The largest absolute Gasteiger partial charge is 0.348 e. The van der Waals surface area contributed by atoms with E-state index in [9.17, 15) is 4.79 Å². The first-order chi connectivity index (χ1) is 8.77. The average molecular weight is 241 g/mol. The van der Waals surface area contributed by atoms with Gasteiger partial charge in [-0.25, -0.2) is 0 Å². The van der Waals surface area contributed by atoms with Gasteiger partial charge >= 0.3 is 0 Å². The van der Waals surface area contributed by atoms with Crippen LogP contribution in [0.5, 0.6) is 0 Å². The van der Waals surface area contributed by atoms with Gasteiger partial charge in [-0.2, -0.15) is 0 Å². The number of pyridine rings is 1. The Kier molecular flexibility index (Phi) is 2.63. The lowest BCUT2D eigenvalue weighted by atomic mass is 10.1. The highest BCUT2D eigenvalue weighted by Gasteiger charge is 2.27. The number of hydrogen-bond acceptors (Lipinski definition) is 2. The van der Waals surface area contributed by atoms with E-state index in [1.54, 1.807) is 24.5 Å². The quantitative estimate of drug-likeness (QED) is 0.767. The van der Waals surface area contributed by atoms with Crippen molar-refractivity contribution < 1.29 is 4.79 Å². The zero-order chi connectivity index (χ0) is 12.5. The molecule has 1 amide bonds. The second-order valence-corrected chi connectivity index (χ2v) is 4.54. The molecule has 3 heterocycles. The fourth-order valence-electron chi connectivity index (χ4n) is 2.52. The Morgan fingerprint density at radius 2 is 2.06 bits per heavy atom. The lowest BCUT2D eigenvalue weighted by Crippen LogP contribution is -2.40. The highest BCUT2D eigenvalue weighted by molar-refractivity contribution is 5.94.